The van der Waals surface area contributed by atoms with Crippen molar-refractivity contribution in [2.45, 2.75) is 57.7 Å². The number of ether oxygens (including phenoxy) is 3. The Morgan fingerprint density at radius 1 is 1.00 bits per heavy atom. The number of rotatable bonds is 3. The highest BCUT2D eigenvalue weighted by molar-refractivity contribution is 6.21. The minimum absolute atomic E-state index is 0.206. The lowest BCUT2D eigenvalue weighted by molar-refractivity contribution is -0.188. The Bertz CT molecular complexity index is 1170. The number of hydrogen-bond donors (Lipinski definition) is 0. The van der Waals surface area contributed by atoms with Crippen LogP contribution in [0, 0.1) is 11.8 Å². The summed E-state index contributed by atoms with van der Waals surface area (Å²) < 4.78 is 18.0. The van der Waals surface area contributed by atoms with E-state index in [0.29, 0.717) is 16.7 Å². The normalized spacial score (nSPS) is 23.3. The van der Waals surface area contributed by atoms with Crippen LogP contribution >= 0.6 is 0 Å². The smallest absolute Gasteiger partial charge is 0.355 e. The predicted molar refractivity (Wildman–Crippen MR) is 124 cm³/mol. The van der Waals surface area contributed by atoms with Gasteiger partial charge in [0.25, 0.3) is 17.4 Å². The van der Waals surface area contributed by atoms with E-state index in [1.165, 1.54) is 0 Å². The Hall–Kier alpha value is -3.47. The lowest BCUT2D eigenvalue weighted by atomic mass is 9.91. The van der Waals surface area contributed by atoms with Crippen LogP contribution in [0.1, 0.15) is 67.0 Å². The van der Waals surface area contributed by atoms with E-state index >= 15 is 0 Å². The number of carbonyl (C=O) groups is 3. The first-order valence-corrected chi connectivity index (χ1v) is 11.1. The summed E-state index contributed by atoms with van der Waals surface area (Å²) in [5.41, 5.74) is -1.24. The number of fused-ring (bicyclic) bond motifs is 1. The van der Waals surface area contributed by atoms with Gasteiger partial charge in [-0.05, 0) is 52.3 Å². The van der Waals surface area contributed by atoms with Gasteiger partial charge in [0.1, 0.15) is 11.7 Å². The van der Waals surface area contributed by atoms with Crippen molar-refractivity contribution in [3.63, 3.8) is 0 Å². The Balaban J connectivity index is 1.72. The highest BCUT2D eigenvalue weighted by atomic mass is 16.8. The molecule has 0 aromatic heterocycles. The molecule has 0 N–H and O–H groups in total. The molecule has 34 heavy (non-hydrogen) atoms. The van der Waals surface area contributed by atoms with Crippen LogP contribution < -0.4 is 0 Å². The first-order valence-electron chi connectivity index (χ1n) is 11.1. The van der Waals surface area contributed by atoms with Crippen LogP contribution in [-0.2, 0) is 19.0 Å². The highest BCUT2D eigenvalue weighted by Crippen LogP contribution is 2.46. The van der Waals surface area contributed by atoms with Gasteiger partial charge in [-0.15, -0.1) is 0 Å². The molecule has 2 aromatic carbocycles. The number of amides is 2. The fraction of sp³-hybridized carbons (Fsp3) is 0.370. The zero-order chi connectivity index (χ0) is 24.7. The first-order chi connectivity index (χ1) is 15.9. The topological polar surface area (TPSA) is 82.1 Å². The molecule has 7 heteroatoms. The summed E-state index contributed by atoms with van der Waals surface area (Å²) >= 11 is 0. The van der Waals surface area contributed by atoms with Crippen LogP contribution in [0.15, 0.2) is 54.6 Å². The Labute approximate surface area is 199 Å². The highest BCUT2D eigenvalue weighted by Gasteiger charge is 2.60. The van der Waals surface area contributed by atoms with Gasteiger partial charge >= 0.3 is 5.97 Å². The number of hydrogen-bond acceptors (Lipinski definition) is 6. The standard InChI is InChI=1S/C27H27NO6/c1-25(2,3)33-24(31)27(21(32-26(4,5)34-27)18-12-7-6-8-13-18)16-11-17-28-22(29)19-14-9-10-15-20(19)23(28)30/h6-10,12-15,21H,17H2,1-5H3/t21-,27-/m0/s1. The molecular formula is C27H27NO6. The minimum atomic E-state index is -1.79. The molecule has 176 valence electrons. The van der Waals surface area contributed by atoms with Crippen LogP contribution in [0.4, 0.5) is 0 Å². The van der Waals surface area contributed by atoms with E-state index in [0.717, 1.165) is 4.90 Å². The lowest BCUT2D eigenvalue weighted by Crippen LogP contribution is -2.47. The van der Waals surface area contributed by atoms with Crippen molar-refractivity contribution in [1.82, 2.24) is 4.90 Å². The molecule has 4 rings (SSSR count). The molecule has 0 unspecified atom stereocenters. The number of esters is 1. The van der Waals surface area contributed by atoms with Gasteiger partial charge in [-0.2, -0.15) is 0 Å². The monoisotopic (exact) mass is 461 g/mol. The molecule has 2 amide bonds. The van der Waals surface area contributed by atoms with Crippen LogP contribution in [0.25, 0.3) is 0 Å². The van der Waals surface area contributed by atoms with E-state index in [4.69, 9.17) is 14.2 Å². The molecular weight excluding hydrogens is 434 g/mol. The van der Waals surface area contributed by atoms with Gasteiger partial charge in [0, 0.05) is 0 Å². The van der Waals surface area contributed by atoms with E-state index in [1.54, 1.807) is 58.9 Å². The van der Waals surface area contributed by atoms with E-state index in [9.17, 15) is 14.4 Å². The molecule has 0 radical (unpaired) electrons. The molecule has 0 saturated carbocycles. The molecule has 0 bridgehead atoms. The minimum Gasteiger partial charge on any atom is -0.457 e. The summed E-state index contributed by atoms with van der Waals surface area (Å²) in [5, 5.41) is 0. The SMILES string of the molecule is CC(C)(C)OC(=O)[C@@]1(C#CCN2C(=O)c3ccccc3C2=O)OC(C)(C)O[C@H]1c1ccccc1. The average Bonchev–Trinajstić information content (AvgIpc) is 3.19. The Morgan fingerprint density at radius 3 is 2.12 bits per heavy atom. The fourth-order valence-corrected chi connectivity index (χ4v) is 4.04. The van der Waals surface area contributed by atoms with Crippen molar-refractivity contribution >= 4 is 17.8 Å². The second-order valence-corrected chi connectivity index (χ2v) is 9.69. The molecule has 2 atom stereocenters. The summed E-state index contributed by atoms with van der Waals surface area (Å²) in [7, 11) is 0. The third kappa shape index (κ3) is 4.35. The summed E-state index contributed by atoms with van der Waals surface area (Å²) in [4.78, 5) is 40.0. The maximum Gasteiger partial charge on any atom is 0.355 e. The van der Waals surface area contributed by atoms with E-state index < -0.39 is 40.9 Å². The van der Waals surface area contributed by atoms with Crippen LogP contribution in [0.3, 0.4) is 0 Å². The molecule has 2 heterocycles. The van der Waals surface area contributed by atoms with E-state index in [2.05, 4.69) is 11.8 Å². The first kappa shape index (κ1) is 23.7. The Kier molecular flexibility index (Phi) is 5.84. The van der Waals surface area contributed by atoms with Crippen molar-refractivity contribution in [2.75, 3.05) is 6.54 Å². The maximum absolute atomic E-state index is 13.5. The zero-order valence-corrected chi connectivity index (χ0v) is 19.9. The average molecular weight is 462 g/mol. The Morgan fingerprint density at radius 2 is 1.56 bits per heavy atom. The third-order valence-corrected chi connectivity index (χ3v) is 5.37. The molecule has 2 aliphatic heterocycles. The molecule has 0 spiro atoms. The number of nitrogens with zero attached hydrogens (tertiary/aromatic N) is 1. The molecule has 0 aliphatic carbocycles. The summed E-state index contributed by atoms with van der Waals surface area (Å²) in [6, 6.07) is 15.8. The van der Waals surface area contributed by atoms with Gasteiger partial charge in [0.2, 0.25) is 0 Å². The maximum atomic E-state index is 13.5. The molecule has 1 saturated heterocycles. The van der Waals surface area contributed by atoms with Gasteiger partial charge in [-0.3, -0.25) is 14.5 Å². The van der Waals surface area contributed by atoms with Crippen LogP contribution in [-0.4, -0.2) is 46.2 Å². The van der Waals surface area contributed by atoms with Crippen LogP contribution in [0.5, 0.6) is 0 Å². The molecule has 1 fully saturated rings. The number of benzene rings is 2. The summed E-state index contributed by atoms with van der Waals surface area (Å²) in [6.45, 7) is 8.44. The largest absolute Gasteiger partial charge is 0.457 e. The molecule has 2 aromatic rings. The second-order valence-electron chi connectivity index (χ2n) is 9.69. The van der Waals surface area contributed by atoms with E-state index in [1.807, 2.05) is 30.3 Å². The predicted octanol–water partition coefficient (Wildman–Crippen LogP) is 3.89. The lowest BCUT2D eigenvalue weighted by Gasteiger charge is -2.30. The van der Waals surface area contributed by atoms with Crippen molar-refractivity contribution in [2.24, 2.45) is 0 Å². The van der Waals surface area contributed by atoms with Gasteiger partial charge in [0.15, 0.2) is 5.79 Å². The molecule has 2 aliphatic rings. The number of carbonyl (C=O) groups excluding carboxylic acids is 3. The van der Waals surface area contributed by atoms with Gasteiger partial charge in [-0.1, -0.05) is 54.3 Å². The van der Waals surface area contributed by atoms with Crippen molar-refractivity contribution in [3.05, 3.63) is 71.3 Å². The van der Waals surface area contributed by atoms with Gasteiger partial charge in [0.05, 0.1) is 17.7 Å². The van der Waals surface area contributed by atoms with Crippen LogP contribution in [0.2, 0.25) is 0 Å². The quantitative estimate of drug-likeness (QED) is 0.392. The summed E-state index contributed by atoms with van der Waals surface area (Å²) in [5.74, 6) is 3.05. The third-order valence-electron chi connectivity index (χ3n) is 5.37. The summed E-state index contributed by atoms with van der Waals surface area (Å²) in [6.07, 6.45) is -0.881. The van der Waals surface area contributed by atoms with E-state index in [-0.39, 0.29) is 6.54 Å². The van der Waals surface area contributed by atoms with Gasteiger partial charge < -0.3 is 14.2 Å². The zero-order valence-electron chi connectivity index (χ0n) is 19.9. The van der Waals surface area contributed by atoms with Gasteiger partial charge in [-0.25, -0.2) is 4.79 Å². The number of imide groups is 1. The molecule has 7 nitrogen and oxygen atoms in total. The second kappa shape index (κ2) is 8.39. The van der Waals surface area contributed by atoms with Crippen molar-refractivity contribution in [1.29, 1.82) is 0 Å². The van der Waals surface area contributed by atoms with Crippen molar-refractivity contribution < 1.29 is 28.6 Å². The van der Waals surface area contributed by atoms with Crippen molar-refractivity contribution in [3.8, 4) is 11.8 Å². The fourth-order valence-electron chi connectivity index (χ4n) is 4.04.